The maximum atomic E-state index is 13.3. The summed E-state index contributed by atoms with van der Waals surface area (Å²) in [4.78, 5) is 13.2. The summed E-state index contributed by atoms with van der Waals surface area (Å²) < 4.78 is 28.3. The van der Waals surface area contributed by atoms with Crippen molar-refractivity contribution < 1.29 is 18.3 Å². The standard InChI is InChI=1S/C17H24N2O4S/c1-16(2,3)17-10-9-13(11-18(12-17)15(20)21)19(17)24(22,23)14-7-5-4-6-8-14/h4-8,13H,9-12H2,1-3H3,(H,20,21). The molecule has 1 N–H and O–H groups in total. The Hall–Kier alpha value is -1.60. The molecular formula is C17H24N2O4S. The lowest BCUT2D eigenvalue weighted by Crippen LogP contribution is -2.68. The summed E-state index contributed by atoms with van der Waals surface area (Å²) in [6, 6.07) is 8.12. The molecule has 132 valence electrons. The van der Waals surface area contributed by atoms with E-state index in [-0.39, 0.29) is 29.4 Å². The number of rotatable bonds is 2. The van der Waals surface area contributed by atoms with Gasteiger partial charge in [0.1, 0.15) is 0 Å². The van der Waals surface area contributed by atoms with E-state index in [2.05, 4.69) is 0 Å². The predicted molar refractivity (Wildman–Crippen MR) is 90.3 cm³/mol. The van der Waals surface area contributed by atoms with Gasteiger partial charge in [0.15, 0.2) is 0 Å². The van der Waals surface area contributed by atoms with E-state index in [9.17, 15) is 18.3 Å². The summed E-state index contributed by atoms with van der Waals surface area (Å²) in [6.07, 6.45) is 0.386. The highest BCUT2D eigenvalue weighted by Crippen LogP contribution is 2.51. The molecule has 0 aromatic heterocycles. The minimum absolute atomic E-state index is 0.217. The zero-order chi connectivity index (χ0) is 17.8. The molecule has 2 aliphatic heterocycles. The number of benzene rings is 1. The van der Waals surface area contributed by atoms with Crippen molar-refractivity contribution in [2.45, 2.75) is 50.1 Å². The molecule has 24 heavy (non-hydrogen) atoms. The summed E-state index contributed by atoms with van der Waals surface area (Å²) in [5.41, 5.74) is -1.10. The number of nitrogens with zero attached hydrogens (tertiary/aromatic N) is 2. The fourth-order valence-corrected chi connectivity index (χ4v) is 6.33. The molecule has 0 spiro atoms. The largest absolute Gasteiger partial charge is 0.465 e. The normalized spacial score (nSPS) is 28.1. The lowest BCUT2D eigenvalue weighted by molar-refractivity contribution is -0.00387. The van der Waals surface area contributed by atoms with Gasteiger partial charge in [-0.2, -0.15) is 4.31 Å². The molecule has 6 nitrogen and oxygen atoms in total. The summed E-state index contributed by atoms with van der Waals surface area (Å²) >= 11 is 0. The van der Waals surface area contributed by atoms with E-state index in [0.29, 0.717) is 12.8 Å². The second-order valence-electron chi connectivity index (χ2n) is 7.75. The lowest BCUT2D eigenvalue weighted by Gasteiger charge is -2.53. The Morgan fingerprint density at radius 1 is 1.25 bits per heavy atom. The quantitative estimate of drug-likeness (QED) is 0.887. The van der Waals surface area contributed by atoms with Crippen LogP contribution in [0.1, 0.15) is 33.6 Å². The van der Waals surface area contributed by atoms with Crippen molar-refractivity contribution >= 4 is 16.1 Å². The van der Waals surface area contributed by atoms with Gasteiger partial charge in [0.2, 0.25) is 10.0 Å². The zero-order valence-electron chi connectivity index (χ0n) is 14.3. The van der Waals surface area contributed by atoms with Crippen molar-refractivity contribution in [2.24, 2.45) is 5.41 Å². The average molecular weight is 352 g/mol. The number of likely N-dealkylation sites (tertiary alicyclic amines) is 1. The van der Waals surface area contributed by atoms with Gasteiger partial charge in [-0.25, -0.2) is 13.2 Å². The van der Waals surface area contributed by atoms with E-state index in [1.807, 2.05) is 20.8 Å². The highest BCUT2D eigenvalue weighted by Gasteiger charge is 2.62. The van der Waals surface area contributed by atoms with Gasteiger partial charge in [-0.05, 0) is 30.4 Å². The number of fused-ring (bicyclic) bond motifs is 2. The first kappa shape index (κ1) is 17.2. The molecule has 1 aromatic rings. The van der Waals surface area contributed by atoms with Crippen LogP contribution in [0.3, 0.4) is 0 Å². The van der Waals surface area contributed by atoms with Gasteiger partial charge in [0, 0.05) is 19.1 Å². The van der Waals surface area contributed by atoms with Crippen LogP contribution in [0.5, 0.6) is 0 Å². The first-order valence-corrected chi connectivity index (χ1v) is 9.61. The maximum absolute atomic E-state index is 13.3. The van der Waals surface area contributed by atoms with E-state index >= 15 is 0 Å². The molecule has 1 amide bonds. The second kappa shape index (κ2) is 5.46. The number of hydrogen-bond acceptors (Lipinski definition) is 3. The van der Waals surface area contributed by atoms with E-state index < -0.39 is 21.7 Å². The van der Waals surface area contributed by atoms with Gasteiger partial charge in [0.05, 0.1) is 10.4 Å². The Kier molecular flexibility index (Phi) is 3.92. The highest BCUT2D eigenvalue weighted by atomic mass is 32.2. The maximum Gasteiger partial charge on any atom is 0.407 e. The molecule has 0 saturated carbocycles. The van der Waals surface area contributed by atoms with E-state index in [4.69, 9.17) is 0 Å². The van der Waals surface area contributed by atoms with E-state index in [0.717, 1.165) is 0 Å². The van der Waals surface area contributed by atoms with E-state index in [1.54, 1.807) is 34.6 Å². The SMILES string of the molecule is CC(C)(C)C12CCC(CN(C(=O)O)C1)N2S(=O)(=O)c1ccccc1. The number of hydrogen-bond donors (Lipinski definition) is 1. The molecule has 2 fully saturated rings. The summed E-state index contributed by atoms with van der Waals surface area (Å²) in [5, 5.41) is 9.45. The Bertz CT molecular complexity index is 742. The van der Waals surface area contributed by atoms with Gasteiger partial charge in [-0.1, -0.05) is 39.0 Å². The van der Waals surface area contributed by atoms with Crippen molar-refractivity contribution in [3.8, 4) is 0 Å². The fraction of sp³-hybridized carbons (Fsp3) is 0.588. The Morgan fingerprint density at radius 2 is 1.88 bits per heavy atom. The number of carbonyl (C=O) groups is 1. The molecule has 2 aliphatic rings. The minimum Gasteiger partial charge on any atom is -0.465 e. The third kappa shape index (κ3) is 2.41. The van der Waals surface area contributed by atoms with Crippen LogP contribution in [0.4, 0.5) is 4.79 Å². The van der Waals surface area contributed by atoms with Crippen molar-refractivity contribution in [1.82, 2.24) is 9.21 Å². The Morgan fingerprint density at radius 3 is 2.42 bits per heavy atom. The van der Waals surface area contributed by atoms with Crippen LogP contribution in [0.25, 0.3) is 0 Å². The monoisotopic (exact) mass is 352 g/mol. The number of sulfonamides is 1. The zero-order valence-corrected chi connectivity index (χ0v) is 15.1. The second-order valence-corrected chi connectivity index (χ2v) is 9.57. The molecule has 2 bridgehead atoms. The van der Waals surface area contributed by atoms with Gasteiger partial charge in [-0.15, -0.1) is 0 Å². The summed E-state index contributed by atoms with van der Waals surface area (Å²) in [6.45, 7) is 6.43. The number of amides is 1. The molecule has 1 aromatic carbocycles. The molecule has 2 unspecified atom stereocenters. The third-order valence-electron chi connectivity index (χ3n) is 5.49. The molecule has 2 atom stereocenters. The lowest BCUT2D eigenvalue weighted by atomic mass is 9.72. The molecular weight excluding hydrogens is 328 g/mol. The van der Waals surface area contributed by atoms with Crippen LogP contribution >= 0.6 is 0 Å². The first-order chi connectivity index (χ1) is 11.1. The van der Waals surface area contributed by atoms with Crippen molar-refractivity contribution in [3.05, 3.63) is 30.3 Å². The smallest absolute Gasteiger partial charge is 0.407 e. The first-order valence-electron chi connectivity index (χ1n) is 8.17. The van der Waals surface area contributed by atoms with Crippen LogP contribution in [0.15, 0.2) is 35.2 Å². The van der Waals surface area contributed by atoms with Gasteiger partial charge in [-0.3, -0.25) is 0 Å². The van der Waals surface area contributed by atoms with Crippen molar-refractivity contribution in [2.75, 3.05) is 13.1 Å². The molecule has 2 heterocycles. The van der Waals surface area contributed by atoms with Crippen molar-refractivity contribution in [1.29, 1.82) is 0 Å². The third-order valence-corrected chi connectivity index (χ3v) is 7.53. The molecule has 2 saturated heterocycles. The summed E-state index contributed by atoms with van der Waals surface area (Å²) in [7, 11) is -3.67. The molecule has 7 heteroatoms. The van der Waals surface area contributed by atoms with Crippen LogP contribution in [0, 0.1) is 5.41 Å². The Labute approximate surface area is 143 Å². The molecule has 3 rings (SSSR count). The van der Waals surface area contributed by atoms with Gasteiger partial charge in [0.25, 0.3) is 0 Å². The van der Waals surface area contributed by atoms with E-state index in [1.165, 1.54) is 4.90 Å². The van der Waals surface area contributed by atoms with Gasteiger partial charge >= 0.3 is 6.09 Å². The fourth-order valence-electron chi connectivity index (χ4n) is 4.15. The Balaban J connectivity index is 2.12. The topological polar surface area (TPSA) is 77.9 Å². The average Bonchev–Trinajstić information content (AvgIpc) is 2.77. The van der Waals surface area contributed by atoms with Crippen LogP contribution in [0.2, 0.25) is 0 Å². The van der Waals surface area contributed by atoms with Crippen LogP contribution < -0.4 is 0 Å². The molecule has 0 radical (unpaired) electrons. The summed E-state index contributed by atoms with van der Waals surface area (Å²) in [5.74, 6) is 0. The van der Waals surface area contributed by atoms with Crippen LogP contribution in [-0.2, 0) is 10.0 Å². The van der Waals surface area contributed by atoms with Crippen molar-refractivity contribution in [3.63, 3.8) is 0 Å². The van der Waals surface area contributed by atoms with Crippen LogP contribution in [-0.4, -0.2) is 53.5 Å². The van der Waals surface area contributed by atoms with Gasteiger partial charge < -0.3 is 10.0 Å². The number of piperazine rings is 1. The predicted octanol–water partition coefficient (Wildman–Crippen LogP) is 2.62. The minimum atomic E-state index is -3.67. The highest BCUT2D eigenvalue weighted by molar-refractivity contribution is 7.89. The number of carboxylic acid groups (broad SMARTS) is 1. The molecule has 0 aliphatic carbocycles.